The molecule has 0 saturated heterocycles. The van der Waals surface area contributed by atoms with Crippen molar-refractivity contribution in [1.29, 1.82) is 0 Å². The second-order valence-electron chi connectivity index (χ2n) is 6.05. The second kappa shape index (κ2) is 10.6. The minimum atomic E-state index is -1.01. The summed E-state index contributed by atoms with van der Waals surface area (Å²) in [4.78, 5) is 35.2. The van der Waals surface area contributed by atoms with Crippen molar-refractivity contribution >= 4 is 29.3 Å². The predicted molar refractivity (Wildman–Crippen MR) is 101 cm³/mol. The molecule has 0 aliphatic rings. The van der Waals surface area contributed by atoms with E-state index in [1.807, 2.05) is 0 Å². The van der Waals surface area contributed by atoms with Gasteiger partial charge in [0.05, 0.1) is 15.4 Å². The van der Waals surface area contributed by atoms with E-state index in [1.54, 1.807) is 6.07 Å². The SMILES string of the molecule is C=CCNC(=O)[C@@H](C)OC(=O)c1ccc(SCCC(C)C)c([N+](=O)[O-])c1. The summed E-state index contributed by atoms with van der Waals surface area (Å²) in [6.07, 6.45) is 1.43. The third kappa shape index (κ3) is 6.87. The van der Waals surface area contributed by atoms with Gasteiger partial charge in [0, 0.05) is 12.6 Å². The van der Waals surface area contributed by atoms with E-state index in [9.17, 15) is 19.7 Å². The van der Waals surface area contributed by atoms with E-state index < -0.39 is 22.9 Å². The number of ether oxygens (including phenoxy) is 1. The number of thioether (sulfide) groups is 1. The van der Waals surface area contributed by atoms with Crippen molar-refractivity contribution in [1.82, 2.24) is 5.32 Å². The van der Waals surface area contributed by atoms with Gasteiger partial charge in [0.2, 0.25) is 0 Å². The third-order valence-corrected chi connectivity index (χ3v) is 4.51. The first-order chi connectivity index (χ1) is 12.3. The largest absolute Gasteiger partial charge is 0.449 e. The van der Waals surface area contributed by atoms with Crippen LogP contribution in [-0.2, 0) is 9.53 Å². The maximum absolute atomic E-state index is 12.2. The number of rotatable bonds is 10. The molecule has 8 heteroatoms. The van der Waals surface area contributed by atoms with E-state index >= 15 is 0 Å². The van der Waals surface area contributed by atoms with Crippen LogP contribution in [0.5, 0.6) is 0 Å². The Kier molecular flexibility index (Phi) is 8.84. The molecule has 26 heavy (non-hydrogen) atoms. The molecule has 0 fully saturated rings. The van der Waals surface area contributed by atoms with E-state index in [-0.39, 0.29) is 17.8 Å². The molecule has 1 amide bonds. The van der Waals surface area contributed by atoms with Crippen LogP contribution >= 0.6 is 11.8 Å². The highest BCUT2D eigenvalue weighted by molar-refractivity contribution is 7.99. The molecule has 0 unspecified atom stereocenters. The molecule has 0 aliphatic carbocycles. The molecule has 0 aromatic heterocycles. The first kappa shape index (κ1) is 21.7. The van der Waals surface area contributed by atoms with Gasteiger partial charge in [-0.3, -0.25) is 14.9 Å². The number of carbonyl (C=O) groups is 2. The van der Waals surface area contributed by atoms with Gasteiger partial charge in [0.25, 0.3) is 11.6 Å². The van der Waals surface area contributed by atoms with Gasteiger partial charge < -0.3 is 10.1 Å². The Bertz CT molecular complexity index is 676. The summed E-state index contributed by atoms with van der Waals surface area (Å²) in [7, 11) is 0. The molecule has 7 nitrogen and oxygen atoms in total. The second-order valence-corrected chi connectivity index (χ2v) is 7.19. The Balaban J connectivity index is 2.84. The molecule has 142 valence electrons. The highest BCUT2D eigenvalue weighted by Crippen LogP contribution is 2.31. The lowest BCUT2D eigenvalue weighted by atomic mass is 10.2. The molecule has 1 aromatic rings. The fourth-order valence-corrected chi connectivity index (χ4v) is 3.17. The van der Waals surface area contributed by atoms with Gasteiger partial charge in [-0.15, -0.1) is 18.3 Å². The molecule has 0 bridgehead atoms. The lowest BCUT2D eigenvalue weighted by molar-refractivity contribution is -0.387. The minimum absolute atomic E-state index is 0.0354. The monoisotopic (exact) mass is 380 g/mol. The van der Waals surface area contributed by atoms with E-state index in [1.165, 1.54) is 36.9 Å². The molecule has 0 saturated carbocycles. The zero-order valence-electron chi connectivity index (χ0n) is 15.2. The summed E-state index contributed by atoms with van der Waals surface area (Å²) in [5, 5.41) is 13.8. The van der Waals surface area contributed by atoms with Crippen molar-refractivity contribution in [3.05, 3.63) is 46.5 Å². The fraction of sp³-hybridized carbons (Fsp3) is 0.444. The standard InChI is InChI=1S/C18H24N2O5S/c1-5-9-19-17(21)13(4)25-18(22)14-6-7-16(15(11-14)20(23)24)26-10-8-12(2)3/h5-7,11-13H,1,8-10H2,2-4H3,(H,19,21)/t13-/m1/s1. The highest BCUT2D eigenvalue weighted by atomic mass is 32.2. The van der Waals surface area contributed by atoms with Crippen molar-refractivity contribution in [3.63, 3.8) is 0 Å². The smallest absolute Gasteiger partial charge is 0.339 e. The van der Waals surface area contributed by atoms with E-state index in [4.69, 9.17) is 4.74 Å². The number of nitro groups is 1. The van der Waals surface area contributed by atoms with Crippen molar-refractivity contribution < 1.29 is 19.2 Å². The van der Waals surface area contributed by atoms with Crippen LogP contribution < -0.4 is 5.32 Å². The van der Waals surface area contributed by atoms with Crippen molar-refractivity contribution in [2.24, 2.45) is 5.92 Å². The number of nitrogens with zero attached hydrogens (tertiary/aromatic N) is 1. The van der Waals surface area contributed by atoms with Crippen LogP contribution in [0.4, 0.5) is 5.69 Å². The molecule has 1 rings (SSSR count). The summed E-state index contributed by atoms with van der Waals surface area (Å²) in [6, 6.07) is 4.21. The number of esters is 1. The summed E-state index contributed by atoms with van der Waals surface area (Å²) in [5.74, 6) is 0.00855. The van der Waals surface area contributed by atoms with Crippen LogP contribution in [0.15, 0.2) is 35.7 Å². The average molecular weight is 380 g/mol. The quantitative estimate of drug-likeness (QED) is 0.219. The van der Waals surface area contributed by atoms with Gasteiger partial charge in [-0.1, -0.05) is 19.9 Å². The van der Waals surface area contributed by atoms with Crippen LogP contribution in [0.1, 0.15) is 37.6 Å². The number of carbonyl (C=O) groups excluding carboxylic acids is 2. The number of benzene rings is 1. The maximum Gasteiger partial charge on any atom is 0.339 e. The van der Waals surface area contributed by atoms with E-state index in [0.29, 0.717) is 10.8 Å². The molecule has 1 atom stereocenters. The average Bonchev–Trinajstić information content (AvgIpc) is 2.59. The predicted octanol–water partition coefficient (Wildman–Crippen LogP) is 3.58. The molecule has 1 aromatic carbocycles. The maximum atomic E-state index is 12.2. The molecule has 1 N–H and O–H groups in total. The van der Waals surface area contributed by atoms with Gasteiger partial charge in [0.1, 0.15) is 0 Å². The van der Waals surface area contributed by atoms with Gasteiger partial charge in [0.15, 0.2) is 6.10 Å². The third-order valence-electron chi connectivity index (χ3n) is 3.42. The summed E-state index contributed by atoms with van der Waals surface area (Å²) in [6.45, 7) is 9.33. The molecule has 0 heterocycles. The van der Waals surface area contributed by atoms with Gasteiger partial charge in [-0.2, -0.15) is 0 Å². The Morgan fingerprint density at radius 3 is 2.65 bits per heavy atom. The molecular weight excluding hydrogens is 356 g/mol. The van der Waals surface area contributed by atoms with Crippen molar-refractivity contribution in [2.75, 3.05) is 12.3 Å². The van der Waals surface area contributed by atoms with Crippen LogP contribution in [-0.4, -0.2) is 35.2 Å². The first-order valence-corrected chi connectivity index (χ1v) is 9.25. The zero-order valence-corrected chi connectivity index (χ0v) is 16.0. The summed E-state index contributed by atoms with van der Waals surface area (Å²) in [5.41, 5.74) is -0.106. The number of amides is 1. The van der Waals surface area contributed by atoms with Crippen molar-refractivity contribution in [2.45, 2.75) is 38.2 Å². The number of hydrogen-bond donors (Lipinski definition) is 1. The van der Waals surface area contributed by atoms with Crippen LogP contribution in [0.3, 0.4) is 0 Å². The van der Waals surface area contributed by atoms with Gasteiger partial charge in [-0.05, 0) is 37.1 Å². The van der Waals surface area contributed by atoms with Gasteiger partial charge in [-0.25, -0.2) is 4.79 Å². The lowest BCUT2D eigenvalue weighted by Crippen LogP contribution is -2.35. The number of hydrogen-bond acceptors (Lipinski definition) is 6. The van der Waals surface area contributed by atoms with Crippen LogP contribution in [0.2, 0.25) is 0 Å². The molecule has 0 aliphatic heterocycles. The Labute approximate surface area is 157 Å². The van der Waals surface area contributed by atoms with E-state index in [2.05, 4.69) is 25.7 Å². The summed E-state index contributed by atoms with van der Waals surface area (Å²) >= 11 is 1.38. The Morgan fingerprint density at radius 1 is 1.38 bits per heavy atom. The Morgan fingerprint density at radius 2 is 2.08 bits per heavy atom. The highest BCUT2D eigenvalue weighted by Gasteiger charge is 2.22. The number of nitro benzene ring substituents is 1. The normalized spacial score (nSPS) is 11.7. The molecule has 0 spiro atoms. The molecular formula is C18H24N2O5S. The van der Waals surface area contributed by atoms with Crippen LogP contribution in [0.25, 0.3) is 0 Å². The zero-order chi connectivity index (χ0) is 19.7. The van der Waals surface area contributed by atoms with Crippen molar-refractivity contribution in [3.8, 4) is 0 Å². The van der Waals surface area contributed by atoms with E-state index in [0.717, 1.165) is 12.2 Å². The summed E-state index contributed by atoms with van der Waals surface area (Å²) < 4.78 is 5.07. The topological polar surface area (TPSA) is 98.5 Å². The first-order valence-electron chi connectivity index (χ1n) is 8.27. The minimum Gasteiger partial charge on any atom is -0.449 e. The number of nitrogens with one attached hydrogen (secondary N) is 1. The Hall–Kier alpha value is -2.35. The fourth-order valence-electron chi connectivity index (χ4n) is 1.91. The van der Waals surface area contributed by atoms with Crippen LogP contribution in [0, 0.1) is 16.0 Å². The lowest BCUT2D eigenvalue weighted by Gasteiger charge is -2.13. The molecule has 0 radical (unpaired) electrons. The van der Waals surface area contributed by atoms with Gasteiger partial charge >= 0.3 is 5.97 Å².